The predicted octanol–water partition coefficient (Wildman–Crippen LogP) is 3.24. The monoisotopic (exact) mass is 356 g/mol. The van der Waals surface area contributed by atoms with E-state index in [2.05, 4.69) is 6.58 Å². The highest BCUT2D eigenvalue weighted by atomic mass is 16.7. The Hall–Kier alpha value is -1.40. The van der Waals surface area contributed by atoms with E-state index in [4.69, 9.17) is 18.9 Å². The van der Waals surface area contributed by atoms with Crippen LogP contribution in [-0.4, -0.2) is 44.7 Å². The SMILES string of the molecule is C=CC(=O)OCC1(CC)COC(C(C)(C)COC(=O)CCCC)OC1. The molecule has 0 aromatic heterocycles. The molecule has 1 aliphatic heterocycles. The van der Waals surface area contributed by atoms with E-state index in [0.717, 1.165) is 25.3 Å². The second-order valence-electron chi connectivity index (χ2n) is 7.37. The van der Waals surface area contributed by atoms with Crippen molar-refractivity contribution in [3.63, 3.8) is 0 Å². The highest BCUT2D eigenvalue weighted by molar-refractivity contribution is 5.81. The van der Waals surface area contributed by atoms with Gasteiger partial charge in [-0.1, -0.05) is 40.7 Å². The number of carbonyl (C=O) groups is 2. The molecule has 1 heterocycles. The number of rotatable bonds is 10. The Morgan fingerprint density at radius 1 is 1.24 bits per heavy atom. The molecule has 6 nitrogen and oxygen atoms in total. The second kappa shape index (κ2) is 9.92. The summed E-state index contributed by atoms with van der Waals surface area (Å²) in [7, 11) is 0. The van der Waals surface area contributed by atoms with E-state index in [1.54, 1.807) is 0 Å². The van der Waals surface area contributed by atoms with Crippen LogP contribution in [0.25, 0.3) is 0 Å². The van der Waals surface area contributed by atoms with Crippen molar-refractivity contribution >= 4 is 11.9 Å². The summed E-state index contributed by atoms with van der Waals surface area (Å²) in [6, 6.07) is 0. The third kappa shape index (κ3) is 6.78. The van der Waals surface area contributed by atoms with Gasteiger partial charge in [0.1, 0.15) is 13.2 Å². The molecule has 0 N–H and O–H groups in total. The largest absolute Gasteiger partial charge is 0.465 e. The van der Waals surface area contributed by atoms with Crippen molar-refractivity contribution in [1.29, 1.82) is 0 Å². The van der Waals surface area contributed by atoms with Gasteiger partial charge in [-0.25, -0.2) is 4.79 Å². The average molecular weight is 356 g/mol. The fourth-order valence-corrected chi connectivity index (χ4v) is 2.45. The third-order valence-corrected chi connectivity index (χ3v) is 4.50. The lowest BCUT2D eigenvalue weighted by Crippen LogP contribution is -2.50. The average Bonchev–Trinajstić information content (AvgIpc) is 2.63. The second-order valence-corrected chi connectivity index (χ2v) is 7.37. The summed E-state index contributed by atoms with van der Waals surface area (Å²) < 4.78 is 22.3. The summed E-state index contributed by atoms with van der Waals surface area (Å²) in [5.41, 5.74) is -0.817. The maximum atomic E-state index is 11.7. The minimum Gasteiger partial charge on any atom is -0.465 e. The van der Waals surface area contributed by atoms with E-state index in [1.165, 1.54) is 0 Å². The number of ether oxygens (including phenoxy) is 4. The van der Waals surface area contributed by atoms with E-state index in [1.807, 2.05) is 27.7 Å². The molecule has 1 aliphatic rings. The first-order chi connectivity index (χ1) is 11.8. The summed E-state index contributed by atoms with van der Waals surface area (Å²) in [5.74, 6) is -0.640. The molecule has 1 saturated heterocycles. The van der Waals surface area contributed by atoms with Gasteiger partial charge in [-0.2, -0.15) is 0 Å². The molecule has 0 aromatic carbocycles. The topological polar surface area (TPSA) is 71.1 Å². The van der Waals surface area contributed by atoms with Crippen LogP contribution in [-0.2, 0) is 28.5 Å². The van der Waals surface area contributed by atoms with Gasteiger partial charge in [-0.05, 0) is 12.8 Å². The standard InChI is InChI=1S/C19H32O6/c1-6-9-10-16(21)22-11-18(4,5)17-24-13-19(8-3,14-25-17)12-23-15(20)7-2/h7,17H,2,6,8-14H2,1,3-5H3. The van der Waals surface area contributed by atoms with Crippen molar-refractivity contribution in [2.24, 2.45) is 10.8 Å². The van der Waals surface area contributed by atoms with Crippen molar-refractivity contribution in [3.05, 3.63) is 12.7 Å². The van der Waals surface area contributed by atoms with Crippen LogP contribution in [0.2, 0.25) is 0 Å². The summed E-state index contributed by atoms with van der Waals surface area (Å²) >= 11 is 0. The lowest BCUT2D eigenvalue weighted by Gasteiger charge is -2.43. The minimum atomic E-state index is -0.471. The Morgan fingerprint density at radius 3 is 2.40 bits per heavy atom. The maximum absolute atomic E-state index is 11.7. The molecule has 0 aromatic rings. The first kappa shape index (κ1) is 21.6. The molecule has 1 fully saturated rings. The fourth-order valence-electron chi connectivity index (χ4n) is 2.45. The molecule has 0 aliphatic carbocycles. The van der Waals surface area contributed by atoms with Gasteiger partial charge in [0.05, 0.1) is 18.6 Å². The number of hydrogen-bond donors (Lipinski definition) is 0. The van der Waals surface area contributed by atoms with Crippen LogP contribution >= 0.6 is 0 Å². The van der Waals surface area contributed by atoms with E-state index in [0.29, 0.717) is 19.6 Å². The molecule has 0 unspecified atom stereocenters. The summed E-state index contributed by atoms with van der Waals surface area (Å²) in [6.07, 6.45) is 3.66. The molecule has 6 heteroatoms. The molecule has 0 atom stereocenters. The summed E-state index contributed by atoms with van der Waals surface area (Å²) in [6.45, 7) is 12.6. The molecule has 144 valence electrons. The molecule has 0 spiro atoms. The van der Waals surface area contributed by atoms with Crippen molar-refractivity contribution in [3.8, 4) is 0 Å². The van der Waals surface area contributed by atoms with Gasteiger partial charge in [0, 0.05) is 17.9 Å². The van der Waals surface area contributed by atoms with E-state index < -0.39 is 17.7 Å². The first-order valence-electron chi connectivity index (χ1n) is 8.96. The fraction of sp³-hybridized carbons (Fsp3) is 0.789. The molecular formula is C19H32O6. The highest BCUT2D eigenvalue weighted by Crippen LogP contribution is 2.35. The molecule has 1 rings (SSSR count). The molecule has 0 radical (unpaired) electrons. The van der Waals surface area contributed by atoms with Crippen molar-refractivity contribution in [2.75, 3.05) is 26.4 Å². The minimum absolute atomic E-state index is 0.190. The highest BCUT2D eigenvalue weighted by Gasteiger charge is 2.42. The van der Waals surface area contributed by atoms with Crippen LogP contribution in [0.4, 0.5) is 0 Å². The van der Waals surface area contributed by atoms with Crippen LogP contribution in [0, 0.1) is 10.8 Å². The Balaban J connectivity index is 2.50. The zero-order valence-corrected chi connectivity index (χ0v) is 16.0. The lowest BCUT2D eigenvalue weighted by molar-refractivity contribution is -0.280. The summed E-state index contributed by atoms with van der Waals surface area (Å²) in [4.78, 5) is 23.0. The van der Waals surface area contributed by atoms with Crippen LogP contribution in [0.1, 0.15) is 53.4 Å². The van der Waals surface area contributed by atoms with Gasteiger partial charge in [0.2, 0.25) is 0 Å². The maximum Gasteiger partial charge on any atom is 0.330 e. The van der Waals surface area contributed by atoms with E-state index >= 15 is 0 Å². The summed E-state index contributed by atoms with van der Waals surface area (Å²) in [5, 5.41) is 0. The Bertz CT molecular complexity index is 449. The van der Waals surface area contributed by atoms with E-state index in [-0.39, 0.29) is 24.6 Å². The zero-order valence-electron chi connectivity index (χ0n) is 16.0. The van der Waals surface area contributed by atoms with Crippen molar-refractivity contribution < 1.29 is 28.5 Å². The van der Waals surface area contributed by atoms with Crippen molar-refractivity contribution in [1.82, 2.24) is 0 Å². The molecular weight excluding hydrogens is 324 g/mol. The number of esters is 2. The lowest BCUT2D eigenvalue weighted by atomic mass is 9.85. The Labute approximate surface area is 150 Å². The van der Waals surface area contributed by atoms with Gasteiger partial charge in [0.25, 0.3) is 0 Å². The first-order valence-corrected chi connectivity index (χ1v) is 8.96. The third-order valence-electron chi connectivity index (χ3n) is 4.50. The van der Waals surface area contributed by atoms with Crippen molar-refractivity contribution in [2.45, 2.75) is 59.7 Å². The van der Waals surface area contributed by atoms with Crippen LogP contribution in [0.15, 0.2) is 12.7 Å². The van der Waals surface area contributed by atoms with Crippen LogP contribution in [0.3, 0.4) is 0 Å². The number of carbonyl (C=O) groups excluding carboxylic acids is 2. The molecule has 25 heavy (non-hydrogen) atoms. The van der Waals surface area contributed by atoms with Gasteiger partial charge in [0.15, 0.2) is 6.29 Å². The van der Waals surface area contributed by atoms with Gasteiger partial charge in [-0.3, -0.25) is 4.79 Å². The number of hydrogen-bond acceptors (Lipinski definition) is 6. The van der Waals surface area contributed by atoms with Gasteiger partial charge < -0.3 is 18.9 Å². The predicted molar refractivity (Wildman–Crippen MR) is 93.8 cm³/mol. The molecule has 0 amide bonds. The zero-order chi connectivity index (χ0) is 18.9. The van der Waals surface area contributed by atoms with Gasteiger partial charge >= 0.3 is 11.9 Å². The van der Waals surface area contributed by atoms with Crippen LogP contribution in [0.5, 0.6) is 0 Å². The molecule has 0 saturated carbocycles. The smallest absolute Gasteiger partial charge is 0.330 e. The molecule has 0 bridgehead atoms. The van der Waals surface area contributed by atoms with Crippen LogP contribution < -0.4 is 0 Å². The van der Waals surface area contributed by atoms with E-state index in [9.17, 15) is 9.59 Å². The quantitative estimate of drug-likeness (QED) is 0.442. The van der Waals surface area contributed by atoms with Gasteiger partial charge in [-0.15, -0.1) is 0 Å². The number of unbranched alkanes of at least 4 members (excludes halogenated alkanes) is 1. The Kier molecular flexibility index (Phi) is 8.59. The normalized spacial score (nSPS) is 23.8. The Morgan fingerprint density at radius 2 is 1.88 bits per heavy atom.